The molecular weight excluding hydrogens is 372 g/mol. The molecular formula is C15H16BrClN2OS. The molecule has 0 saturated carbocycles. The van der Waals surface area contributed by atoms with Gasteiger partial charge in [0.2, 0.25) is 0 Å². The highest BCUT2D eigenvalue weighted by Crippen LogP contribution is 2.35. The van der Waals surface area contributed by atoms with Crippen LogP contribution in [-0.4, -0.2) is 25.2 Å². The Hall–Kier alpha value is -0.590. The second-order valence-corrected chi connectivity index (χ2v) is 6.62. The fourth-order valence-corrected chi connectivity index (χ4v) is 3.29. The fraction of sp³-hybridized carbons (Fsp3) is 0.267. The predicted octanol–water partition coefficient (Wildman–Crippen LogP) is 4.38. The lowest BCUT2D eigenvalue weighted by molar-refractivity contribution is 0.199. The van der Waals surface area contributed by atoms with Crippen molar-refractivity contribution in [3.63, 3.8) is 0 Å². The lowest BCUT2D eigenvalue weighted by atomic mass is 10.2. The normalized spacial score (nSPS) is 10.8. The maximum absolute atomic E-state index is 6.36. The van der Waals surface area contributed by atoms with Crippen LogP contribution in [0.5, 0.6) is 0 Å². The molecule has 2 rings (SSSR count). The van der Waals surface area contributed by atoms with Gasteiger partial charge in [0.05, 0.1) is 16.1 Å². The van der Waals surface area contributed by atoms with Crippen molar-refractivity contribution in [2.45, 2.75) is 16.5 Å². The van der Waals surface area contributed by atoms with Crippen LogP contribution in [0.2, 0.25) is 5.02 Å². The molecule has 2 aromatic rings. The Morgan fingerprint density at radius 1 is 1.38 bits per heavy atom. The maximum Gasteiger partial charge on any atom is 0.115 e. The second kappa shape index (κ2) is 8.76. The van der Waals surface area contributed by atoms with Gasteiger partial charge >= 0.3 is 0 Å². The summed E-state index contributed by atoms with van der Waals surface area (Å²) in [5, 5.41) is 4.94. The largest absolute Gasteiger partial charge is 0.383 e. The molecule has 1 aromatic heterocycles. The Morgan fingerprint density at radius 3 is 2.95 bits per heavy atom. The number of pyridine rings is 1. The zero-order valence-corrected chi connectivity index (χ0v) is 14.8. The molecule has 1 heterocycles. The van der Waals surface area contributed by atoms with Crippen molar-refractivity contribution in [2.75, 3.05) is 20.3 Å². The number of hydrogen-bond donors (Lipinski definition) is 1. The maximum atomic E-state index is 6.36. The number of nitrogens with one attached hydrogen (secondary N) is 1. The van der Waals surface area contributed by atoms with Gasteiger partial charge in [-0.15, -0.1) is 0 Å². The summed E-state index contributed by atoms with van der Waals surface area (Å²) in [6.45, 7) is 2.31. The van der Waals surface area contributed by atoms with Gasteiger partial charge in [-0.1, -0.05) is 29.4 Å². The van der Waals surface area contributed by atoms with Gasteiger partial charge in [-0.25, -0.2) is 4.98 Å². The summed E-state index contributed by atoms with van der Waals surface area (Å²) in [5.41, 5.74) is 1.15. The molecule has 3 nitrogen and oxygen atoms in total. The Balaban J connectivity index is 2.01. The molecule has 0 aliphatic heterocycles. The van der Waals surface area contributed by atoms with Gasteiger partial charge in [-0.3, -0.25) is 0 Å². The van der Waals surface area contributed by atoms with Crippen molar-refractivity contribution in [1.29, 1.82) is 0 Å². The van der Waals surface area contributed by atoms with Crippen molar-refractivity contribution in [3.05, 3.63) is 51.6 Å². The van der Waals surface area contributed by atoms with Crippen LogP contribution in [0.1, 0.15) is 5.56 Å². The summed E-state index contributed by atoms with van der Waals surface area (Å²) in [6.07, 6.45) is 1.77. The molecule has 0 radical (unpaired) electrons. The van der Waals surface area contributed by atoms with Gasteiger partial charge in [-0.05, 0) is 45.8 Å². The average molecular weight is 388 g/mol. The molecule has 0 atom stereocenters. The summed E-state index contributed by atoms with van der Waals surface area (Å²) in [5.74, 6) is 0. The number of rotatable bonds is 7. The molecule has 1 N–H and O–H groups in total. The molecule has 0 unspecified atom stereocenters. The summed E-state index contributed by atoms with van der Waals surface area (Å²) in [7, 11) is 1.69. The zero-order valence-electron chi connectivity index (χ0n) is 11.6. The number of benzene rings is 1. The first-order chi connectivity index (χ1) is 10.2. The second-order valence-electron chi connectivity index (χ2n) is 4.33. The minimum Gasteiger partial charge on any atom is -0.383 e. The molecule has 21 heavy (non-hydrogen) atoms. The molecule has 0 bridgehead atoms. The van der Waals surface area contributed by atoms with Crippen LogP contribution in [0.15, 0.2) is 50.9 Å². The minimum atomic E-state index is 0.704. The Kier molecular flexibility index (Phi) is 6.99. The van der Waals surface area contributed by atoms with Gasteiger partial charge in [-0.2, -0.15) is 0 Å². The lowest BCUT2D eigenvalue weighted by Gasteiger charge is -2.08. The van der Waals surface area contributed by atoms with Crippen molar-refractivity contribution in [3.8, 4) is 0 Å². The van der Waals surface area contributed by atoms with E-state index in [-0.39, 0.29) is 0 Å². The molecule has 1 aromatic carbocycles. The summed E-state index contributed by atoms with van der Waals surface area (Å²) in [6, 6.07) is 9.95. The Morgan fingerprint density at radius 2 is 2.24 bits per heavy atom. The van der Waals surface area contributed by atoms with E-state index in [0.717, 1.165) is 38.1 Å². The van der Waals surface area contributed by atoms with Gasteiger partial charge in [0, 0.05) is 31.3 Å². The van der Waals surface area contributed by atoms with Crippen molar-refractivity contribution in [2.24, 2.45) is 0 Å². The highest BCUT2D eigenvalue weighted by molar-refractivity contribution is 9.10. The Labute approximate surface area is 142 Å². The quantitative estimate of drug-likeness (QED) is 0.715. The standard InChI is InChI=1S/C15H16BrClN2OS/c1-20-8-7-18-10-11-4-5-14(13(17)9-11)21-15-12(16)3-2-6-19-15/h2-6,9,18H,7-8,10H2,1H3. The third-order valence-electron chi connectivity index (χ3n) is 2.74. The fourth-order valence-electron chi connectivity index (χ4n) is 1.69. The topological polar surface area (TPSA) is 34.1 Å². The van der Waals surface area contributed by atoms with Crippen molar-refractivity contribution >= 4 is 39.3 Å². The Bertz CT molecular complexity index is 598. The highest BCUT2D eigenvalue weighted by atomic mass is 79.9. The SMILES string of the molecule is COCCNCc1ccc(Sc2ncccc2Br)c(Cl)c1. The van der Waals surface area contributed by atoms with Crippen LogP contribution in [0, 0.1) is 0 Å². The first-order valence-electron chi connectivity index (χ1n) is 6.47. The smallest absolute Gasteiger partial charge is 0.115 e. The van der Waals surface area contributed by atoms with Crippen LogP contribution >= 0.6 is 39.3 Å². The van der Waals surface area contributed by atoms with E-state index in [9.17, 15) is 0 Å². The van der Waals surface area contributed by atoms with Crippen LogP contribution in [0.4, 0.5) is 0 Å². The van der Waals surface area contributed by atoms with E-state index < -0.39 is 0 Å². The number of nitrogens with zero attached hydrogens (tertiary/aromatic N) is 1. The molecule has 0 fully saturated rings. The van der Waals surface area contributed by atoms with E-state index in [1.807, 2.05) is 24.3 Å². The predicted molar refractivity (Wildman–Crippen MR) is 91.1 cm³/mol. The van der Waals surface area contributed by atoms with Crippen LogP contribution in [-0.2, 0) is 11.3 Å². The third-order valence-corrected chi connectivity index (χ3v) is 5.16. The minimum absolute atomic E-state index is 0.704. The van der Waals surface area contributed by atoms with Gasteiger partial charge < -0.3 is 10.1 Å². The summed E-state index contributed by atoms with van der Waals surface area (Å²) < 4.78 is 5.97. The van der Waals surface area contributed by atoms with E-state index in [2.05, 4.69) is 32.3 Å². The van der Waals surface area contributed by atoms with Crippen molar-refractivity contribution < 1.29 is 4.74 Å². The van der Waals surface area contributed by atoms with Gasteiger partial charge in [0.1, 0.15) is 5.03 Å². The van der Waals surface area contributed by atoms with Crippen LogP contribution in [0.3, 0.4) is 0 Å². The van der Waals surface area contributed by atoms with E-state index >= 15 is 0 Å². The van der Waals surface area contributed by atoms with Crippen LogP contribution in [0.25, 0.3) is 0 Å². The van der Waals surface area contributed by atoms with E-state index in [1.54, 1.807) is 25.1 Å². The van der Waals surface area contributed by atoms with Gasteiger partial charge in [0.15, 0.2) is 0 Å². The van der Waals surface area contributed by atoms with Crippen LogP contribution < -0.4 is 5.32 Å². The average Bonchev–Trinajstić information content (AvgIpc) is 2.48. The van der Waals surface area contributed by atoms with E-state index in [4.69, 9.17) is 16.3 Å². The summed E-state index contributed by atoms with van der Waals surface area (Å²) in [4.78, 5) is 5.34. The number of hydrogen-bond acceptors (Lipinski definition) is 4. The molecule has 0 aliphatic carbocycles. The number of aromatic nitrogens is 1. The zero-order chi connectivity index (χ0) is 15.1. The summed E-state index contributed by atoms with van der Waals surface area (Å²) >= 11 is 11.4. The number of methoxy groups -OCH3 is 1. The molecule has 0 spiro atoms. The highest BCUT2D eigenvalue weighted by Gasteiger charge is 2.07. The van der Waals surface area contributed by atoms with E-state index in [1.165, 1.54) is 0 Å². The molecule has 0 amide bonds. The molecule has 6 heteroatoms. The first-order valence-corrected chi connectivity index (χ1v) is 8.46. The van der Waals surface area contributed by atoms with Gasteiger partial charge in [0.25, 0.3) is 0 Å². The first kappa shape index (κ1) is 16.8. The number of ether oxygens (including phenoxy) is 1. The molecule has 0 aliphatic rings. The lowest BCUT2D eigenvalue weighted by Crippen LogP contribution is -2.18. The molecule has 0 saturated heterocycles. The third kappa shape index (κ3) is 5.27. The van der Waals surface area contributed by atoms with E-state index in [0.29, 0.717) is 6.61 Å². The number of halogens is 2. The monoisotopic (exact) mass is 386 g/mol. The molecule has 112 valence electrons. The van der Waals surface area contributed by atoms with Crippen molar-refractivity contribution in [1.82, 2.24) is 10.3 Å².